The van der Waals surface area contributed by atoms with Crippen molar-refractivity contribution < 1.29 is 19.3 Å². The number of anilines is 1. The number of nitrogens with two attached hydrogens (primary N) is 1. The van der Waals surface area contributed by atoms with Crippen LogP contribution in [-0.2, 0) is 0 Å². The summed E-state index contributed by atoms with van der Waals surface area (Å²) < 4.78 is 15.8. The molecule has 0 amide bonds. The van der Waals surface area contributed by atoms with Gasteiger partial charge in [0.15, 0.2) is 16.6 Å². The number of hydrogen-bond donors (Lipinski definition) is 2. The predicted molar refractivity (Wildman–Crippen MR) is 76.7 cm³/mol. The van der Waals surface area contributed by atoms with E-state index in [4.69, 9.17) is 19.9 Å². The van der Waals surface area contributed by atoms with Crippen LogP contribution < -0.4 is 19.9 Å². The molecule has 1 aromatic carbocycles. The van der Waals surface area contributed by atoms with E-state index in [0.717, 1.165) is 0 Å². The number of ether oxygens (including phenoxy) is 3. The van der Waals surface area contributed by atoms with Gasteiger partial charge in [-0.3, -0.25) is 0 Å². The molecule has 0 radical (unpaired) electrons. The Bertz CT molecular complexity index is 575. The number of aliphatic hydroxyl groups excluding tert-OH is 1. The van der Waals surface area contributed by atoms with E-state index in [1.807, 2.05) is 0 Å². The second-order valence-electron chi connectivity index (χ2n) is 3.96. The highest BCUT2D eigenvalue weighted by atomic mass is 32.1. The number of rotatable bonds is 5. The third-order valence-corrected chi connectivity index (χ3v) is 3.69. The minimum absolute atomic E-state index is 0.409. The monoisotopic (exact) mass is 296 g/mol. The molecular weight excluding hydrogens is 280 g/mol. The van der Waals surface area contributed by atoms with Crippen LogP contribution in [0.4, 0.5) is 5.13 Å². The number of aromatic nitrogens is 1. The smallest absolute Gasteiger partial charge is 0.203 e. The SMILES string of the molecule is COc1cc(C(O)c2cnc(N)s2)cc(OC)c1OC. The summed E-state index contributed by atoms with van der Waals surface area (Å²) in [6, 6.07) is 3.39. The van der Waals surface area contributed by atoms with E-state index in [-0.39, 0.29) is 0 Å². The highest BCUT2D eigenvalue weighted by molar-refractivity contribution is 7.15. The Morgan fingerprint density at radius 2 is 1.75 bits per heavy atom. The number of methoxy groups -OCH3 is 3. The van der Waals surface area contributed by atoms with Crippen molar-refractivity contribution in [3.8, 4) is 17.2 Å². The van der Waals surface area contributed by atoms with Gasteiger partial charge in [-0.25, -0.2) is 4.98 Å². The van der Waals surface area contributed by atoms with Gasteiger partial charge in [0.25, 0.3) is 0 Å². The van der Waals surface area contributed by atoms with Gasteiger partial charge >= 0.3 is 0 Å². The summed E-state index contributed by atoms with van der Waals surface area (Å²) in [5.74, 6) is 1.45. The van der Waals surface area contributed by atoms with E-state index >= 15 is 0 Å². The zero-order chi connectivity index (χ0) is 14.7. The Morgan fingerprint density at radius 1 is 1.15 bits per heavy atom. The fourth-order valence-electron chi connectivity index (χ4n) is 1.85. The number of aliphatic hydroxyl groups is 1. The molecule has 20 heavy (non-hydrogen) atoms. The summed E-state index contributed by atoms with van der Waals surface area (Å²) in [4.78, 5) is 4.58. The van der Waals surface area contributed by atoms with Crippen molar-refractivity contribution in [3.63, 3.8) is 0 Å². The molecular formula is C13H16N2O4S. The van der Waals surface area contributed by atoms with E-state index in [2.05, 4.69) is 4.98 Å². The van der Waals surface area contributed by atoms with Crippen molar-refractivity contribution in [2.45, 2.75) is 6.10 Å². The third-order valence-electron chi connectivity index (χ3n) is 2.81. The molecule has 0 saturated heterocycles. The Morgan fingerprint density at radius 3 is 2.15 bits per heavy atom. The van der Waals surface area contributed by atoms with E-state index in [0.29, 0.717) is 32.8 Å². The van der Waals surface area contributed by atoms with Crippen LogP contribution in [0.3, 0.4) is 0 Å². The van der Waals surface area contributed by atoms with Crippen molar-refractivity contribution in [3.05, 3.63) is 28.8 Å². The van der Waals surface area contributed by atoms with Crippen LogP contribution in [0.1, 0.15) is 16.5 Å². The molecule has 0 aliphatic carbocycles. The first-order valence-electron chi connectivity index (χ1n) is 5.79. The summed E-state index contributed by atoms with van der Waals surface area (Å²) in [5, 5.41) is 10.8. The first-order valence-corrected chi connectivity index (χ1v) is 6.61. The second-order valence-corrected chi connectivity index (χ2v) is 5.06. The van der Waals surface area contributed by atoms with Crippen LogP contribution in [0.15, 0.2) is 18.3 Å². The lowest BCUT2D eigenvalue weighted by Crippen LogP contribution is -2.01. The van der Waals surface area contributed by atoms with Gasteiger partial charge < -0.3 is 25.1 Å². The Labute approximate surface area is 120 Å². The van der Waals surface area contributed by atoms with Gasteiger partial charge in [0.2, 0.25) is 5.75 Å². The lowest BCUT2D eigenvalue weighted by molar-refractivity contribution is 0.222. The first-order chi connectivity index (χ1) is 9.60. The molecule has 2 rings (SSSR count). The molecule has 0 spiro atoms. The molecule has 2 aromatic rings. The third kappa shape index (κ3) is 2.63. The lowest BCUT2D eigenvalue weighted by atomic mass is 10.1. The molecule has 1 atom stereocenters. The standard InChI is InChI=1S/C13H16N2O4S/c1-17-8-4-7(5-9(18-2)12(8)19-3)11(16)10-6-15-13(14)20-10/h4-6,11,16H,1-3H3,(H2,14,15). The average Bonchev–Trinajstić information content (AvgIpc) is 2.91. The molecule has 6 nitrogen and oxygen atoms in total. The molecule has 1 aromatic heterocycles. The number of thiazole rings is 1. The maximum absolute atomic E-state index is 10.4. The lowest BCUT2D eigenvalue weighted by Gasteiger charge is -2.16. The zero-order valence-corrected chi connectivity index (χ0v) is 12.2. The van der Waals surface area contributed by atoms with E-state index in [1.165, 1.54) is 32.7 Å². The molecule has 0 saturated carbocycles. The van der Waals surface area contributed by atoms with Gasteiger partial charge in [-0.1, -0.05) is 11.3 Å². The van der Waals surface area contributed by atoms with Gasteiger partial charge in [-0.15, -0.1) is 0 Å². The van der Waals surface area contributed by atoms with Crippen molar-refractivity contribution in [2.24, 2.45) is 0 Å². The predicted octanol–water partition coefficient (Wildman–Crippen LogP) is 1.83. The number of benzene rings is 1. The normalized spacial score (nSPS) is 12.0. The quantitative estimate of drug-likeness (QED) is 0.875. The minimum Gasteiger partial charge on any atom is -0.493 e. The van der Waals surface area contributed by atoms with Crippen molar-refractivity contribution in [1.82, 2.24) is 4.98 Å². The average molecular weight is 296 g/mol. The fourth-order valence-corrected chi connectivity index (χ4v) is 2.55. The summed E-state index contributed by atoms with van der Waals surface area (Å²) in [5.41, 5.74) is 6.19. The second kappa shape index (κ2) is 5.98. The van der Waals surface area contributed by atoms with Gasteiger partial charge in [0.05, 0.1) is 26.2 Å². The number of hydrogen-bond acceptors (Lipinski definition) is 7. The van der Waals surface area contributed by atoms with Crippen LogP contribution in [-0.4, -0.2) is 31.4 Å². The van der Waals surface area contributed by atoms with Crippen LogP contribution in [0.2, 0.25) is 0 Å². The van der Waals surface area contributed by atoms with Crippen molar-refractivity contribution in [1.29, 1.82) is 0 Å². The summed E-state index contributed by atoms with van der Waals surface area (Å²) in [6.07, 6.45) is 0.701. The zero-order valence-electron chi connectivity index (χ0n) is 11.4. The maximum atomic E-state index is 10.4. The van der Waals surface area contributed by atoms with Crippen LogP contribution in [0.25, 0.3) is 0 Å². The summed E-state index contributed by atoms with van der Waals surface area (Å²) >= 11 is 1.23. The van der Waals surface area contributed by atoms with Crippen molar-refractivity contribution >= 4 is 16.5 Å². The van der Waals surface area contributed by atoms with Crippen molar-refractivity contribution in [2.75, 3.05) is 27.1 Å². The largest absolute Gasteiger partial charge is 0.493 e. The molecule has 0 bridgehead atoms. The molecule has 0 aliphatic heterocycles. The highest BCUT2D eigenvalue weighted by Gasteiger charge is 2.19. The van der Waals surface area contributed by atoms with E-state index < -0.39 is 6.10 Å². The van der Waals surface area contributed by atoms with Crippen LogP contribution in [0, 0.1) is 0 Å². The Kier molecular flexibility index (Phi) is 4.31. The molecule has 3 N–H and O–H groups in total. The van der Waals surface area contributed by atoms with E-state index in [9.17, 15) is 5.11 Å². The first kappa shape index (κ1) is 14.4. The Hall–Kier alpha value is -1.99. The number of nitrogens with zero attached hydrogens (tertiary/aromatic N) is 1. The number of nitrogen functional groups attached to an aromatic ring is 1. The summed E-state index contributed by atoms with van der Waals surface area (Å²) in [7, 11) is 4.58. The topological polar surface area (TPSA) is 86.8 Å². The van der Waals surface area contributed by atoms with Gasteiger partial charge in [0, 0.05) is 6.20 Å². The molecule has 0 aliphatic rings. The Balaban J connectivity index is 2.46. The fraction of sp³-hybridized carbons (Fsp3) is 0.308. The van der Waals surface area contributed by atoms with Gasteiger partial charge in [-0.05, 0) is 17.7 Å². The highest BCUT2D eigenvalue weighted by Crippen LogP contribution is 2.41. The molecule has 7 heteroatoms. The molecule has 0 fully saturated rings. The molecule has 1 unspecified atom stereocenters. The summed E-state index contributed by atoms with van der Waals surface area (Å²) in [6.45, 7) is 0. The molecule has 1 heterocycles. The van der Waals surface area contributed by atoms with Crippen LogP contribution >= 0.6 is 11.3 Å². The van der Waals surface area contributed by atoms with E-state index in [1.54, 1.807) is 18.3 Å². The van der Waals surface area contributed by atoms with Crippen LogP contribution in [0.5, 0.6) is 17.2 Å². The van der Waals surface area contributed by atoms with Gasteiger partial charge in [0.1, 0.15) is 6.10 Å². The maximum Gasteiger partial charge on any atom is 0.203 e. The molecule has 108 valence electrons. The van der Waals surface area contributed by atoms with Gasteiger partial charge in [-0.2, -0.15) is 0 Å². The minimum atomic E-state index is -0.849.